The zero-order valence-corrected chi connectivity index (χ0v) is 10.2. The van der Waals surface area contributed by atoms with Crippen LogP contribution in [0.5, 0.6) is 0 Å². The first-order chi connectivity index (χ1) is 8.35. The molecule has 4 heteroatoms. The predicted molar refractivity (Wildman–Crippen MR) is 70.5 cm³/mol. The number of para-hydroxylation sites is 1. The maximum atomic E-state index is 8.99. The van der Waals surface area contributed by atoms with E-state index in [1.54, 1.807) is 30.1 Å². The van der Waals surface area contributed by atoms with Crippen LogP contribution < -0.4 is 5.32 Å². The molecule has 0 aliphatic heterocycles. The minimum atomic E-state index is 0.545. The molecule has 1 aromatic carbocycles. The number of thioether (sulfide) groups is 1. The molecule has 0 atom stereocenters. The molecule has 1 heterocycles. The third-order valence-corrected chi connectivity index (χ3v) is 3.08. The van der Waals surface area contributed by atoms with Crippen molar-refractivity contribution in [2.75, 3.05) is 11.6 Å². The summed E-state index contributed by atoms with van der Waals surface area (Å²) in [7, 11) is 0. The minimum Gasteiger partial charge on any atom is -0.338 e. The number of rotatable bonds is 3. The Hall–Kier alpha value is -1.99. The molecule has 2 aromatic rings. The van der Waals surface area contributed by atoms with Crippen molar-refractivity contribution in [3.05, 3.63) is 48.2 Å². The second-order valence-corrected chi connectivity index (χ2v) is 4.18. The molecule has 0 amide bonds. The quantitative estimate of drug-likeness (QED) is 0.836. The van der Waals surface area contributed by atoms with E-state index >= 15 is 0 Å². The van der Waals surface area contributed by atoms with Crippen LogP contribution in [0, 0.1) is 11.3 Å². The van der Waals surface area contributed by atoms with Gasteiger partial charge in [0.05, 0.1) is 11.3 Å². The van der Waals surface area contributed by atoms with Crippen LogP contribution in [0.3, 0.4) is 0 Å². The topological polar surface area (TPSA) is 48.7 Å². The molecule has 0 aliphatic carbocycles. The molecule has 1 N–H and O–H groups in total. The molecule has 0 saturated carbocycles. The van der Waals surface area contributed by atoms with Gasteiger partial charge in [-0.2, -0.15) is 5.26 Å². The summed E-state index contributed by atoms with van der Waals surface area (Å²) in [4.78, 5) is 5.30. The first-order valence-corrected chi connectivity index (χ1v) is 6.33. The van der Waals surface area contributed by atoms with Gasteiger partial charge in [-0.1, -0.05) is 12.1 Å². The highest BCUT2D eigenvalue weighted by molar-refractivity contribution is 7.98. The van der Waals surface area contributed by atoms with Crippen molar-refractivity contribution < 1.29 is 0 Å². The molecule has 0 unspecified atom stereocenters. The number of benzene rings is 1. The van der Waals surface area contributed by atoms with Gasteiger partial charge in [-0.05, 0) is 30.5 Å². The lowest BCUT2D eigenvalue weighted by Gasteiger charge is -2.10. The first kappa shape index (κ1) is 11.5. The molecule has 0 spiro atoms. The van der Waals surface area contributed by atoms with Crippen LogP contribution in [-0.2, 0) is 0 Å². The standard InChI is InChI=1S/C13H11N3S/c1-17-12-7-3-2-6-11(12)16-13-10(9-14)5-4-8-15-13/h2-8H,1H3,(H,15,16). The second kappa shape index (κ2) is 5.37. The van der Waals surface area contributed by atoms with Crippen molar-refractivity contribution in [1.82, 2.24) is 4.98 Å². The number of hydrogen-bond donors (Lipinski definition) is 1. The molecule has 17 heavy (non-hydrogen) atoms. The maximum Gasteiger partial charge on any atom is 0.148 e. The molecule has 0 radical (unpaired) electrons. The van der Waals surface area contributed by atoms with Gasteiger partial charge in [-0.25, -0.2) is 4.98 Å². The van der Waals surface area contributed by atoms with E-state index in [0.717, 1.165) is 10.6 Å². The van der Waals surface area contributed by atoms with Gasteiger partial charge in [-0.3, -0.25) is 0 Å². The molecule has 1 aromatic heterocycles. The average Bonchev–Trinajstić information content (AvgIpc) is 2.40. The van der Waals surface area contributed by atoms with Crippen molar-refractivity contribution in [2.45, 2.75) is 4.90 Å². The number of hydrogen-bond acceptors (Lipinski definition) is 4. The summed E-state index contributed by atoms with van der Waals surface area (Å²) in [6, 6.07) is 13.6. The fraction of sp³-hybridized carbons (Fsp3) is 0.0769. The normalized spacial score (nSPS) is 9.65. The SMILES string of the molecule is CSc1ccccc1Nc1ncccc1C#N. The summed E-state index contributed by atoms with van der Waals surface area (Å²) in [6.07, 6.45) is 3.69. The number of nitrogens with zero attached hydrogens (tertiary/aromatic N) is 2. The molecule has 3 nitrogen and oxygen atoms in total. The lowest BCUT2D eigenvalue weighted by molar-refractivity contribution is 1.27. The number of anilines is 2. The minimum absolute atomic E-state index is 0.545. The summed E-state index contributed by atoms with van der Waals surface area (Å²) in [5.41, 5.74) is 1.51. The van der Waals surface area contributed by atoms with Gasteiger partial charge in [-0.15, -0.1) is 11.8 Å². The van der Waals surface area contributed by atoms with Crippen molar-refractivity contribution >= 4 is 23.3 Å². The Bertz CT molecular complexity index is 561. The monoisotopic (exact) mass is 241 g/mol. The van der Waals surface area contributed by atoms with Crippen LogP contribution in [0.2, 0.25) is 0 Å². The average molecular weight is 241 g/mol. The van der Waals surface area contributed by atoms with Crippen molar-refractivity contribution in [2.24, 2.45) is 0 Å². The molecule has 0 fully saturated rings. The fourth-order valence-electron chi connectivity index (χ4n) is 1.47. The van der Waals surface area contributed by atoms with E-state index in [2.05, 4.69) is 16.4 Å². The summed E-state index contributed by atoms with van der Waals surface area (Å²) in [5.74, 6) is 0.594. The van der Waals surface area contributed by atoms with Crippen molar-refractivity contribution in [3.63, 3.8) is 0 Å². The van der Waals surface area contributed by atoms with Crippen LogP contribution in [-0.4, -0.2) is 11.2 Å². The lowest BCUT2D eigenvalue weighted by atomic mass is 10.2. The highest BCUT2D eigenvalue weighted by atomic mass is 32.2. The van der Waals surface area contributed by atoms with E-state index in [0.29, 0.717) is 11.4 Å². The second-order valence-electron chi connectivity index (χ2n) is 3.34. The Morgan fingerprint density at radius 2 is 2.06 bits per heavy atom. The molecule has 0 aliphatic rings. The van der Waals surface area contributed by atoms with Crippen LogP contribution >= 0.6 is 11.8 Å². The highest BCUT2D eigenvalue weighted by Gasteiger charge is 2.05. The summed E-state index contributed by atoms with van der Waals surface area (Å²) in [6.45, 7) is 0. The van der Waals surface area contributed by atoms with Gasteiger partial charge in [0.15, 0.2) is 0 Å². The summed E-state index contributed by atoms with van der Waals surface area (Å²) < 4.78 is 0. The number of nitrogens with one attached hydrogen (secondary N) is 1. The van der Waals surface area contributed by atoms with E-state index in [1.807, 2.05) is 30.5 Å². The highest BCUT2D eigenvalue weighted by Crippen LogP contribution is 2.27. The van der Waals surface area contributed by atoms with E-state index in [9.17, 15) is 0 Å². The summed E-state index contributed by atoms with van der Waals surface area (Å²) >= 11 is 1.65. The van der Waals surface area contributed by atoms with E-state index in [1.165, 1.54) is 0 Å². The van der Waals surface area contributed by atoms with Crippen LogP contribution in [0.4, 0.5) is 11.5 Å². The zero-order chi connectivity index (χ0) is 12.1. The van der Waals surface area contributed by atoms with Gasteiger partial charge < -0.3 is 5.32 Å². The molecular weight excluding hydrogens is 230 g/mol. The van der Waals surface area contributed by atoms with Gasteiger partial charge >= 0.3 is 0 Å². The van der Waals surface area contributed by atoms with E-state index in [4.69, 9.17) is 5.26 Å². The molecule has 84 valence electrons. The van der Waals surface area contributed by atoms with Crippen LogP contribution in [0.25, 0.3) is 0 Å². The van der Waals surface area contributed by atoms with Gasteiger partial charge in [0.25, 0.3) is 0 Å². The van der Waals surface area contributed by atoms with Gasteiger partial charge in [0.1, 0.15) is 11.9 Å². The third-order valence-electron chi connectivity index (χ3n) is 2.29. The summed E-state index contributed by atoms with van der Waals surface area (Å²) in [5, 5.41) is 12.2. The fourth-order valence-corrected chi connectivity index (χ4v) is 2.02. The predicted octanol–water partition coefficient (Wildman–Crippen LogP) is 3.42. The van der Waals surface area contributed by atoms with Crippen LogP contribution in [0.1, 0.15) is 5.56 Å². The van der Waals surface area contributed by atoms with Crippen molar-refractivity contribution in [1.29, 1.82) is 5.26 Å². The molecule has 0 bridgehead atoms. The lowest BCUT2D eigenvalue weighted by Crippen LogP contribution is -1.97. The Morgan fingerprint density at radius 1 is 1.24 bits per heavy atom. The zero-order valence-electron chi connectivity index (χ0n) is 9.34. The third kappa shape index (κ3) is 2.58. The maximum absolute atomic E-state index is 8.99. The Kier molecular flexibility index (Phi) is 3.63. The van der Waals surface area contributed by atoms with Crippen LogP contribution in [0.15, 0.2) is 47.5 Å². The number of nitriles is 1. The molecular formula is C13H11N3S. The molecule has 2 rings (SSSR count). The number of pyridine rings is 1. The van der Waals surface area contributed by atoms with E-state index < -0.39 is 0 Å². The molecule has 0 saturated heterocycles. The van der Waals surface area contributed by atoms with Gasteiger partial charge in [0, 0.05) is 11.1 Å². The Morgan fingerprint density at radius 3 is 2.82 bits per heavy atom. The first-order valence-electron chi connectivity index (χ1n) is 5.10. The van der Waals surface area contributed by atoms with Gasteiger partial charge in [0.2, 0.25) is 0 Å². The van der Waals surface area contributed by atoms with E-state index in [-0.39, 0.29) is 0 Å². The Labute approximate surface area is 105 Å². The largest absolute Gasteiger partial charge is 0.338 e. The Balaban J connectivity index is 2.35. The number of aromatic nitrogens is 1. The smallest absolute Gasteiger partial charge is 0.148 e. The van der Waals surface area contributed by atoms with Crippen molar-refractivity contribution in [3.8, 4) is 6.07 Å².